The third kappa shape index (κ3) is 3.99. The minimum atomic E-state index is 0.548. The first-order valence-corrected chi connectivity index (χ1v) is 10.4. The summed E-state index contributed by atoms with van der Waals surface area (Å²) in [6.45, 7) is 0. The van der Waals surface area contributed by atoms with E-state index in [1.54, 1.807) is 6.07 Å². The highest BCUT2D eigenvalue weighted by Gasteiger charge is 2.15. The normalized spacial score (nSPS) is 11.0. The van der Waals surface area contributed by atoms with Crippen molar-refractivity contribution in [1.82, 2.24) is 9.78 Å². The van der Waals surface area contributed by atoms with Gasteiger partial charge in [0, 0.05) is 25.1 Å². The lowest BCUT2D eigenvalue weighted by molar-refractivity contribution is 0.892. The van der Waals surface area contributed by atoms with Crippen molar-refractivity contribution < 1.29 is 0 Å². The molecular formula is C21H12Br2Cl2N2. The van der Waals surface area contributed by atoms with Gasteiger partial charge in [0.15, 0.2) is 0 Å². The molecular weight excluding hydrogens is 511 g/mol. The molecule has 0 amide bonds. The number of hydrogen-bond acceptors (Lipinski definition) is 1. The molecule has 6 heteroatoms. The van der Waals surface area contributed by atoms with E-state index in [-0.39, 0.29) is 0 Å². The lowest BCUT2D eigenvalue weighted by atomic mass is 10.1. The highest BCUT2D eigenvalue weighted by Crippen LogP contribution is 2.33. The summed E-state index contributed by atoms with van der Waals surface area (Å²) in [5.41, 5.74) is 4.67. The summed E-state index contributed by atoms with van der Waals surface area (Å²) < 4.78 is 3.91. The quantitative estimate of drug-likeness (QED) is 0.266. The Labute approximate surface area is 184 Å². The number of rotatable bonds is 3. The molecule has 1 heterocycles. The van der Waals surface area contributed by atoms with Crippen LogP contribution in [0.25, 0.3) is 28.2 Å². The molecule has 27 heavy (non-hydrogen) atoms. The molecule has 0 N–H and O–H groups in total. The van der Waals surface area contributed by atoms with Crippen molar-refractivity contribution in [2.75, 3.05) is 0 Å². The number of nitrogens with zero attached hydrogens (tertiary/aromatic N) is 2. The van der Waals surface area contributed by atoms with E-state index in [1.807, 2.05) is 65.3 Å². The van der Waals surface area contributed by atoms with Crippen LogP contribution in [0.5, 0.6) is 0 Å². The van der Waals surface area contributed by atoms with E-state index in [1.165, 1.54) is 0 Å². The Bertz CT molecular complexity index is 1100. The molecule has 0 radical (unpaired) electrons. The van der Waals surface area contributed by atoms with Crippen LogP contribution in [-0.4, -0.2) is 9.78 Å². The Balaban J connectivity index is 1.92. The van der Waals surface area contributed by atoms with Crippen LogP contribution in [0.2, 0.25) is 10.0 Å². The third-order valence-corrected chi connectivity index (χ3v) is 5.72. The Morgan fingerprint density at radius 1 is 0.704 bits per heavy atom. The molecule has 2 nitrogen and oxygen atoms in total. The molecule has 0 unspecified atom stereocenters. The van der Waals surface area contributed by atoms with Gasteiger partial charge in [0.25, 0.3) is 0 Å². The van der Waals surface area contributed by atoms with Crippen LogP contribution in [0.3, 0.4) is 0 Å². The fraction of sp³-hybridized carbons (Fsp3) is 0. The van der Waals surface area contributed by atoms with Crippen molar-refractivity contribution >= 4 is 55.1 Å². The van der Waals surface area contributed by atoms with E-state index in [9.17, 15) is 0 Å². The van der Waals surface area contributed by atoms with Crippen LogP contribution in [0.15, 0.2) is 81.7 Å². The molecule has 0 spiro atoms. The van der Waals surface area contributed by atoms with E-state index in [2.05, 4.69) is 37.9 Å². The smallest absolute Gasteiger partial charge is 0.0934 e. The summed E-state index contributed by atoms with van der Waals surface area (Å²) in [6, 6.07) is 23.7. The largest absolute Gasteiger partial charge is 0.231 e. The van der Waals surface area contributed by atoms with Crippen LogP contribution >= 0.6 is 55.1 Å². The number of aromatic nitrogens is 2. The maximum Gasteiger partial charge on any atom is 0.0934 e. The van der Waals surface area contributed by atoms with E-state index >= 15 is 0 Å². The first-order chi connectivity index (χ1) is 13.0. The molecule has 0 saturated heterocycles. The fourth-order valence-electron chi connectivity index (χ4n) is 2.81. The summed E-state index contributed by atoms with van der Waals surface area (Å²) in [5, 5.41) is 5.97. The summed E-state index contributed by atoms with van der Waals surface area (Å²) >= 11 is 19.5. The second-order valence-electron chi connectivity index (χ2n) is 5.94. The van der Waals surface area contributed by atoms with Gasteiger partial charge >= 0.3 is 0 Å². The van der Waals surface area contributed by atoms with Crippen LogP contribution in [0.1, 0.15) is 0 Å². The standard InChI is InChI=1S/C21H12Br2Cl2N2/c22-15-5-1-13(2-6-15)19-12-21(14-3-7-16(23)8-4-14)27(26-19)20-10-9-17(24)11-18(20)25/h1-12H. The van der Waals surface area contributed by atoms with Gasteiger partial charge in [-0.05, 0) is 48.5 Å². The third-order valence-electron chi connectivity index (χ3n) is 4.13. The zero-order valence-electron chi connectivity index (χ0n) is 13.8. The average molecular weight is 523 g/mol. The van der Waals surface area contributed by atoms with Crippen molar-refractivity contribution in [2.45, 2.75) is 0 Å². The van der Waals surface area contributed by atoms with Crippen LogP contribution in [0, 0.1) is 0 Å². The molecule has 134 valence electrons. The molecule has 1 aromatic heterocycles. The van der Waals surface area contributed by atoms with Gasteiger partial charge in [-0.1, -0.05) is 79.3 Å². The summed E-state index contributed by atoms with van der Waals surface area (Å²) in [7, 11) is 0. The van der Waals surface area contributed by atoms with Gasteiger partial charge in [-0.2, -0.15) is 5.10 Å². The van der Waals surface area contributed by atoms with Gasteiger partial charge in [0.2, 0.25) is 0 Å². The minimum absolute atomic E-state index is 0.548. The second-order valence-corrected chi connectivity index (χ2v) is 8.61. The first kappa shape index (κ1) is 18.8. The van der Waals surface area contributed by atoms with E-state index in [0.717, 1.165) is 37.1 Å². The molecule has 3 aromatic carbocycles. The molecule has 0 atom stereocenters. The van der Waals surface area contributed by atoms with Gasteiger partial charge in [-0.15, -0.1) is 0 Å². The van der Waals surface area contributed by atoms with Crippen molar-refractivity contribution in [3.63, 3.8) is 0 Å². The van der Waals surface area contributed by atoms with E-state index in [0.29, 0.717) is 10.0 Å². The maximum atomic E-state index is 6.47. The van der Waals surface area contributed by atoms with Crippen molar-refractivity contribution in [3.8, 4) is 28.2 Å². The van der Waals surface area contributed by atoms with Gasteiger partial charge in [0.05, 0.1) is 22.1 Å². The predicted molar refractivity (Wildman–Crippen MR) is 120 cm³/mol. The summed E-state index contributed by atoms with van der Waals surface area (Å²) in [4.78, 5) is 0. The predicted octanol–water partition coefficient (Wildman–Crippen LogP) is 8.04. The number of benzene rings is 3. The van der Waals surface area contributed by atoms with Crippen LogP contribution in [-0.2, 0) is 0 Å². The summed E-state index contributed by atoms with van der Waals surface area (Å²) in [6.07, 6.45) is 0. The Morgan fingerprint density at radius 2 is 1.30 bits per heavy atom. The van der Waals surface area contributed by atoms with Gasteiger partial charge in [-0.25, -0.2) is 4.68 Å². The van der Waals surface area contributed by atoms with Gasteiger partial charge in [0.1, 0.15) is 0 Å². The topological polar surface area (TPSA) is 17.8 Å². The van der Waals surface area contributed by atoms with Crippen molar-refractivity contribution in [1.29, 1.82) is 0 Å². The molecule has 4 aromatic rings. The molecule has 0 saturated carbocycles. The van der Waals surface area contributed by atoms with Gasteiger partial charge in [-0.3, -0.25) is 0 Å². The molecule has 4 rings (SSSR count). The average Bonchev–Trinajstić information content (AvgIpc) is 3.08. The Morgan fingerprint density at radius 3 is 1.89 bits per heavy atom. The Hall–Kier alpha value is -1.59. The number of hydrogen-bond donors (Lipinski definition) is 0. The molecule has 0 aliphatic heterocycles. The second kappa shape index (κ2) is 7.80. The fourth-order valence-corrected chi connectivity index (χ4v) is 3.82. The molecule has 0 fully saturated rings. The minimum Gasteiger partial charge on any atom is -0.231 e. The van der Waals surface area contributed by atoms with Crippen molar-refractivity contribution in [3.05, 3.63) is 91.8 Å². The molecule has 0 aliphatic carbocycles. The van der Waals surface area contributed by atoms with Crippen LogP contribution < -0.4 is 0 Å². The SMILES string of the molecule is Clc1ccc(-n2nc(-c3ccc(Br)cc3)cc2-c2ccc(Br)cc2)c(Cl)c1. The first-order valence-electron chi connectivity index (χ1n) is 8.08. The number of halogens is 4. The zero-order chi connectivity index (χ0) is 19.0. The lowest BCUT2D eigenvalue weighted by Gasteiger charge is -2.10. The Kier molecular flexibility index (Phi) is 5.42. The van der Waals surface area contributed by atoms with Crippen molar-refractivity contribution in [2.24, 2.45) is 0 Å². The van der Waals surface area contributed by atoms with Gasteiger partial charge < -0.3 is 0 Å². The monoisotopic (exact) mass is 520 g/mol. The van der Waals surface area contributed by atoms with E-state index < -0.39 is 0 Å². The highest BCUT2D eigenvalue weighted by molar-refractivity contribution is 9.10. The van der Waals surface area contributed by atoms with E-state index in [4.69, 9.17) is 28.3 Å². The summed E-state index contributed by atoms with van der Waals surface area (Å²) in [5.74, 6) is 0. The molecule has 0 bridgehead atoms. The zero-order valence-corrected chi connectivity index (χ0v) is 18.5. The lowest BCUT2D eigenvalue weighted by Crippen LogP contribution is -2.00. The maximum absolute atomic E-state index is 6.47. The highest BCUT2D eigenvalue weighted by atomic mass is 79.9. The molecule has 0 aliphatic rings. The van der Waals surface area contributed by atoms with Crippen LogP contribution in [0.4, 0.5) is 0 Å².